The Bertz CT molecular complexity index is 1200. The largest absolute Gasteiger partial charge is 0.311 e. The van der Waals surface area contributed by atoms with Gasteiger partial charge in [0.25, 0.3) is 5.91 Å². The summed E-state index contributed by atoms with van der Waals surface area (Å²) in [5.74, 6) is -0.262. The quantitative estimate of drug-likeness (QED) is 0.663. The number of aromatic nitrogens is 3. The number of hydrogen-bond donors (Lipinski definition) is 1. The van der Waals surface area contributed by atoms with E-state index in [0.29, 0.717) is 23.3 Å². The monoisotopic (exact) mass is 447 g/mol. The molecule has 8 nitrogen and oxygen atoms in total. The van der Waals surface area contributed by atoms with E-state index in [4.69, 9.17) is 0 Å². The van der Waals surface area contributed by atoms with Gasteiger partial charge in [0, 0.05) is 17.3 Å². The SMILES string of the molecule is Cc1ncc(NC(=O)C2=NC=NCc3ccc(-c4cnn(C5CCN(C)CC5)c4)cc32)s1. The number of hydrogen-bond acceptors (Lipinski definition) is 7. The summed E-state index contributed by atoms with van der Waals surface area (Å²) in [6.45, 7) is 4.58. The van der Waals surface area contributed by atoms with Crippen LogP contribution in [0.4, 0.5) is 5.00 Å². The molecule has 1 aromatic carbocycles. The lowest BCUT2D eigenvalue weighted by Crippen LogP contribution is -2.31. The number of piperidine rings is 1. The number of likely N-dealkylation sites (tertiary alicyclic amines) is 1. The maximum absolute atomic E-state index is 13.0. The van der Waals surface area contributed by atoms with Crippen LogP contribution in [0, 0.1) is 6.92 Å². The zero-order valence-corrected chi connectivity index (χ0v) is 19.0. The lowest BCUT2D eigenvalue weighted by molar-refractivity contribution is -0.110. The number of aryl methyl sites for hydroxylation is 1. The number of carbonyl (C=O) groups excluding carboxylic acids is 1. The molecule has 0 unspecified atom stereocenters. The molecule has 3 aromatic rings. The first-order chi connectivity index (χ1) is 15.6. The average molecular weight is 448 g/mol. The summed E-state index contributed by atoms with van der Waals surface area (Å²) in [5.41, 5.74) is 4.18. The average Bonchev–Trinajstić information content (AvgIpc) is 3.38. The molecule has 1 fully saturated rings. The topological polar surface area (TPSA) is 87.8 Å². The van der Waals surface area contributed by atoms with Crippen molar-refractivity contribution in [2.24, 2.45) is 9.98 Å². The van der Waals surface area contributed by atoms with Gasteiger partial charge in [0.05, 0.1) is 30.0 Å². The van der Waals surface area contributed by atoms with Gasteiger partial charge < -0.3 is 10.2 Å². The van der Waals surface area contributed by atoms with E-state index in [0.717, 1.165) is 53.2 Å². The van der Waals surface area contributed by atoms with Crippen LogP contribution in [0.15, 0.2) is 46.8 Å². The first-order valence-corrected chi connectivity index (χ1v) is 11.5. The Morgan fingerprint density at radius 1 is 1.19 bits per heavy atom. The predicted octanol–water partition coefficient (Wildman–Crippen LogP) is 3.55. The number of thiazole rings is 1. The minimum atomic E-state index is -0.262. The highest BCUT2D eigenvalue weighted by Gasteiger charge is 2.22. The van der Waals surface area contributed by atoms with E-state index in [1.807, 2.05) is 25.3 Å². The van der Waals surface area contributed by atoms with Crippen molar-refractivity contribution < 1.29 is 4.79 Å². The Morgan fingerprint density at radius 2 is 2.03 bits per heavy atom. The maximum Gasteiger partial charge on any atom is 0.275 e. The molecular weight excluding hydrogens is 422 g/mol. The molecular formula is C23H25N7OS. The molecule has 0 bridgehead atoms. The summed E-state index contributed by atoms with van der Waals surface area (Å²) in [6.07, 6.45) is 9.36. The van der Waals surface area contributed by atoms with Crippen molar-refractivity contribution in [2.75, 3.05) is 25.5 Å². The number of nitrogens with one attached hydrogen (secondary N) is 1. The van der Waals surface area contributed by atoms with Gasteiger partial charge in [-0.3, -0.25) is 14.5 Å². The van der Waals surface area contributed by atoms with Crippen molar-refractivity contribution in [1.82, 2.24) is 19.7 Å². The van der Waals surface area contributed by atoms with Crippen molar-refractivity contribution in [3.63, 3.8) is 0 Å². The van der Waals surface area contributed by atoms with Crippen LogP contribution in [-0.4, -0.2) is 57.8 Å². The van der Waals surface area contributed by atoms with Gasteiger partial charge in [-0.05, 0) is 57.1 Å². The number of carbonyl (C=O) groups is 1. The summed E-state index contributed by atoms with van der Waals surface area (Å²) < 4.78 is 2.09. The third-order valence-corrected chi connectivity index (χ3v) is 6.79. The molecule has 0 radical (unpaired) electrons. The molecule has 4 heterocycles. The van der Waals surface area contributed by atoms with E-state index < -0.39 is 0 Å². The van der Waals surface area contributed by atoms with Crippen molar-refractivity contribution in [3.05, 3.63) is 52.9 Å². The number of nitrogens with zero attached hydrogens (tertiary/aromatic N) is 6. The van der Waals surface area contributed by atoms with Gasteiger partial charge in [0.15, 0.2) is 0 Å². The Kier molecular flexibility index (Phi) is 5.67. The molecule has 1 amide bonds. The standard InChI is InChI=1S/C23H25N7OS/c1-15-25-12-21(32-15)28-23(31)22-20-9-16(3-4-17(20)10-24-14-26-22)18-11-27-30(13-18)19-5-7-29(2)8-6-19/h3-4,9,11-14,19H,5-8,10H2,1-2H3,(H,28,31). The smallest absolute Gasteiger partial charge is 0.275 e. The van der Waals surface area contributed by atoms with Gasteiger partial charge in [0.1, 0.15) is 17.1 Å². The number of benzene rings is 1. The first-order valence-electron chi connectivity index (χ1n) is 10.7. The molecule has 2 aromatic heterocycles. The highest BCUT2D eigenvalue weighted by atomic mass is 32.1. The van der Waals surface area contributed by atoms with E-state index >= 15 is 0 Å². The number of rotatable bonds is 4. The first kappa shape index (κ1) is 20.7. The normalized spacial score (nSPS) is 17.0. The van der Waals surface area contributed by atoms with Crippen LogP contribution in [0.3, 0.4) is 0 Å². The molecule has 5 rings (SSSR count). The van der Waals surface area contributed by atoms with Gasteiger partial charge in [-0.25, -0.2) is 9.98 Å². The lowest BCUT2D eigenvalue weighted by atomic mass is 9.97. The molecule has 0 saturated carbocycles. The minimum absolute atomic E-state index is 0.262. The summed E-state index contributed by atoms with van der Waals surface area (Å²) in [5, 5.41) is 9.16. The van der Waals surface area contributed by atoms with E-state index in [-0.39, 0.29) is 5.91 Å². The Labute approximate surface area is 190 Å². The molecule has 0 atom stereocenters. The van der Waals surface area contributed by atoms with Crippen molar-refractivity contribution in [3.8, 4) is 11.1 Å². The van der Waals surface area contributed by atoms with E-state index in [9.17, 15) is 4.79 Å². The summed E-state index contributed by atoms with van der Waals surface area (Å²) in [7, 11) is 2.16. The van der Waals surface area contributed by atoms with Gasteiger partial charge >= 0.3 is 0 Å². The van der Waals surface area contributed by atoms with Crippen LogP contribution in [-0.2, 0) is 11.3 Å². The second kappa shape index (κ2) is 8.76. The third-order valence-electron chi connectivity index (χ3n) is 5.97. The second-order valence-electron chi connectivity index (χ2n) is 8.25. The van der Waals surface area contributed by atoms with Crippen LogP contribution >= 0.6 is 11.3 Å². The minimum Gasteiger partial charge on any atom is -0.311 e. The van der Waals surface area contributed by atoms with Gasteiger partial charge in [-0.1, -0.05) is 12.1 Å². The van der Waals surface area contributed by atoms with Crippen LogP contribution in [0.2, 0.25) is 0 Å². The van der Waals surface area contributed by atoms with E-state index in [1.165, 1.54) is 17.7 Å². The maximum atomic E-state index is 13.0. The predicted molar refractivity (Wildman–Crippen MR) is 128 cm³/mol. The zero-order valence-electron chi connectivity index (χ0n) is 18.2. The molecule has 2 aliphatic rings. The Balaban J connectivity index is 1.42. The van der Waals surface area contributed by atoms with E-state index in [1.54, 1.807) is 6.20 Å². The number of amides is 1. The number of aliphatic imine (C=N–C) groups is 2. The fourth-order valence-corrected chi connectivity index (χ4v) is 4.81. The zero-order chi connectivity index (χ0) is 22.1. The molecule has 32 heavy (non-hydrogen) atoms. The molecule has 164 valence electrons. The van der Waals surface area contributed by atoms with Crippen LogP contribution in [0.1, 0.15) is 35.0 Å². The molecule has 1 N–H and O–H groups in total. The van der Waals surface area contributed by atoms with Gasteiger partial charge in [0.2, 0.25) is 0 Å². The van der Waals surface area contributed by atoms with Gasteiger partial charge in [-0.15, -0.1) is 11.3 Å². The van der Waals surface area contributed by atoms with E-state index in [2.05, 4.69) is 54.3 Å². The summed E-state index contributed by atoms with van der Waals surface area (Å²) in [4.78, 5) is 28.3. The van der Waals surface area contributed by atoms with Crippen LogP contribution in [0.5, 0.6) is 0 Å². The summed E-state index contributed by atoms with van der Waals surface area (Å²) in [6, 6.07) is 6.55. The van der Waals surface area contributed by atoms with Crippen LogP contribution in [0.25, 0.3) is 11.1 Å². The molecule has 9 heteroatoms. The fourth-order valence-electron chi connectivity index (χ4n) is 4.14. The van der Waals surface area contributed by atoms with Crippen molar-refractivity contribution in [2.45, 2.75) is 32.4 Å². The number of fused-ring (bicyclic) bond motifs is 1. The van der Waals surface area contributed by atoms with Gasteiger partial charge in [-0.2, -0.15) is 5.10 Å². The van der Waals surface area contributed by atoms with Crippen LogP contribution < -0.4 is 5.32 Å². The molecule has 2 aliphatic heterocycles. The van der Waals surface area contributed by atoms with Crippen molar-refractivity contribution in [1.29, 1.82) is 0 Å². The highest BCUT2D eigenvalue weighted by molar-refractivity contribution is 7.15. The fraction of sp³-hybridized carbons (Fsp3) is 0.348. The molecule has 0 spiro atoms. The van der Waals surface area contributed by atoms with Crippen molar-refractivity contribution >= 4 is 34.3 Å². The highest BCUT2D eigenvalue weighted by Crippen LogP contribution is 2.28. The second-order valence-corrected chi connectivity index (χ2v) is 9.48. The third kappa shape index (κ3) is 4.26. The summed E-state index contributed by atoms with van der Waals surface area (Å²) >= 11 is 1.44. The number of anilines is 1. The lowest BCUT2D eigenvalue weighted by Gasteiger charge is -2.28. The molecule has 0 aliphatic carbocycles. The Morgan fingerprint density at radius 3 is 2.81 bits per heavy atom. The molecule has 1 saturated heterocycles. The Hall–Kier alpha value is -3.17.